The van der Waals surface area contributed by atoms with Crippen molar-refractivity contribution in [1.29, 1.82) is 0 Å². The van der Waals surface area contributed by atoms with Crippen LogP contribution < -0.4 is 10.6 Å². The lowest BCUT2D eigenvalue weighted by Crippen LogP contribution is -2.29. The van der Waals surface area contributed by atoms with Gasteiger partial charge in [-0.1, -0.05) is 35.5 Å². The highest BCUT2D eigenvalue weighted by atomic mass is 35.5. The second-order valence-corrected chi connectivity index (χ2v) is 6.88. The Balaban J connectivity index is 0.00000280. The average Bonchev–Trinajstić information content (AvgIpc) is 3.22. The third kappa shape index (κ3) is 7.22. The van der Waals surface area contributed by atoms with E-state index >= 15 is 0 Å². The number of aromatic nitrogens is 3. The molecule has 1 aliphatic heterocycles. The van der Waals surface area contributed by atoms with E-state index in [4.69, 9.17) is 4.74 Å². The van der Waals surface area contributed by atoms with E-state index in [1.54, 1.807) is 6.20 Å². The molecule has 7 nitrogen and oxygen atoms in total. The van der Waals surface area contributed by atoms with Crippen molar-refractivity contribution in [1.82, 2.24) is 25.6 Å². The Hall–Kier alpha value is -1.96. The van der Waals surface area contributed by atoms with E-state index in [0.717, 1.165) is 51.8 Å². The zero-order valence-corrected chi connectivity index (χ0v) is 17.0. The molecule has 0 spiro atoms. The van der Waals surface area contributed by atoms with Gasteiger partial charge in [-0.2, -0.15) is 0 Å². The number of nitrogens with zero attached hydrogens (tertiary/aromatic N) is 3. The second kappa shape index (κ2) is 12.5. The van der Waals surface area contributed by atoms with Gasteiger partial charge in [-0.3, -0.25) is 4.79 Å². The summed E-state index contributed by atoms with van der Waals surface area (Å²) in [5.74, 6) is -0.153. The van der Waals surface area contributed by atoms with Crippen LogP contribution in [0.25, 0.3) is 0 Å². The average molecular weight is 408 g/mol. The normalized spacial score (nSPS) is 14.4. The monoisotopic (exact) mass is 407 g/mol. The molecule has 8 heteroatoms. The number of hydrogen-bond acceptors (Lipinski definition) is 5. The van der Waals surface area contributed by atoms with Crippen molar-refractivity contribution in [2.45, 2.75) is 38.1 Å². The van der Waals surface area contributed by atoms with Crippen LogP contribution in [-0.4, -0.2) is 53.7 Å². The molecule has 1 aromatic carbocycles. The summed E-state index contributed by atoms with van der Waals surface area (Å²) in [5.41, 5.74) is 1.69. The van der Waals surface area contributed by atoms with E-state index in [-0.39, 0.29) is 18.3 Å². The topological polar surface area (TPSA) is 81.1 Å². The van der Waals surface area contributed by atoms with Crippen LogP contribution in [0.2, 0.25) is 0 Å². The Morgan fingerprint density at radius 3 is 2.75 bits per heavy atom. The van der Waals surface area contributed by atoms with Crippen molar-refractivity contribution in [3.63, 3.8) is 0 Å². The van der Waals surface area contributed by atoms with E-state index in [2.05, 4.69) is 33.1 Å². The molecule has 1 fully saturated rings. The first-order chi connectivity index (χ1) is 13.3. The molecule has 0 saturated carbocycles. The van der Waals surface area contributed by atoms with Crippen LogP contribution in [0.4, 0.5) is 0 Å². The van der Waals surface area contributed by atoms with Gasteiger partial charge in [0.1, 0.15) is 0 Å². The molecule has 1 aromatic heterocycles. The molecule has 0 aliphatic carbocycles. The Morgan fingerprint density at radius 1 is 1.18 bits per heavy atom. The zero-order chi connectivity index (χ0) is 18.7. The van der Waals surface area contributed by atoms with Gasteiger partial charge in [0.05, 0.1) is 18.8 Å². The third-order valence-electron chi connectivity index (χ3n) is 4.80. The van der Waals surface area contributed by atoms with Gasteiger partial charge in [0.2, 0.25) is 0 Å². The maximum Gasteiger partial charge on any atom is 0.273 e. The molecule has 1 aliphatic rings. The molecule has 0 unspecified atom stereocenters. The van der Waals surface area contributed by atoms with Gasteiger partial charge in [0, 0.05) is 13.2 Å². The highest BCUT2D eigenvalue weighted by Crippen LogP contribution is 2.16. The number of unbranched alkanes of at least 4 members (excludes halogenated alkanes) is 1. The summed E-state index contributed by atoms with van der Waals surface area (Å²) < 4.78 is 7.49. The van der Waals surface area contributed by atoms with Crippen LogP contribution in [0, 0.1) is 0 Å². The minimum Gasteiger partial charge on any atom is -0.381 e. The number of piperidine rings is 1. The van der Waals surface area contributed by atoms with Crippen molar-refractivity contribution >= 4 is 18.3 Å². The fraction of sp³-hybridized carbons (Fsp3) is 0.550. The maximum absolute atomic E-state index is 12.2. The van der Waals surface area contributed by atoms with E-state index in [9.17, 15) is 4.79 Å². The number of benzene rings is 1. The standard InChI is InChI=1S/C20H29N5O2.ClH/c26-20(19-16-25(24-23-19)18-8-12-21-13-9-18)22-11-4-5-14-27-15-10-17-6-2-1-3-7-17;/h1-3,6-7,16,18,21H,4-5,8-15H2,(H,22,26);1H. The van der Waals surface area contributed by atoms with E-state index < -0.39 is 0 Å². The van der Waals surface area contributed by atoms with Gasteiger partial charge >= 0.3 is 0 Å². The fourth-order valence-electron chi connectivity index (χ4n) is 3.19. The molecular weight excluding hydrogens is 378 g/mol. The molecule has 2 heterocycles. The summed E-state index contributed by atoms with van der Waals surface area (Å²) in [7, 11) is 0. The fourth-order valence-corrected chi connectivity index (χ4v) is 3.19. The number of ether oxygens (including phenoxy) is 1. The van der Waals surface area contributed by atoms with Crippen molar-refractivity contribution in [2.75, 3.05) is 32.8 Å². The molecule has 2 N–H and O–H groups in total. The summed E-state index contributed by atoms with van der Waals surface area (Å²) in [6.07, 6.45) is 6.56. The van der Waals surface area contributed by atoms with Crippen molar-refractivity contribution in [3.8, 4) is 0 Å². The van der Waals surface area contributed by atoms with Crippen LogP contribution in [0.3, 0.4) is 0 Å². The van der Waals surface area contributed by atoms with Crippen molar-refractivity contribution < 1.29 is 9.53 Å². The van der Waals surface area contributed by atoms with Crippen LogP contribution in [-0.2, 0) is 11.2 Å². The largest absolute Gasteiger partial charge is 0.381 e. The van der Waals surface area contributed by atoms with Crippen LogP contribution >= 0.6 is 12.4 Å². The molecule has 0 radical (unpaired) electrons. The highest BCUT2D eigenvalue weighted by molar-refractivity contribution is 5.91. The summed E-state index contributed by atoms with van der Waals surface area (Å²) in [4.78, 5) is 12.2. The number of rotatable bonds is 10. The summed E-state index contributed by atoms with van der Waals surface area (Å²) in [6.45, 7) is 4.05. The second-order valence-electron chi connectivity index (χ2n) is 6.88. The summed E-state index contributed by atoms with van der Waals surface area (Å²) >= 11 is 0. The number of nitrogens with one attached hydrogen (secondary N) is 2. The number of hydrogen-bond donors (Lipinski definition) is 2. The number of carbonyl (C=O) groups is 1. The Kier molecular flexibility index (Phi) is 9.96. The first-order valence-electron chi connectivity index (χ1n) is 9.85. The lowest BCUT2D eigenvalue weighted by molar-refractivity contribution is 0.0943. The molecule has 1 amide bonds. The van der Waals surface area contributed by atoms with Gasteiger partial charge in [-0.05, 0) is 50.8 Å². The molecule has 1 saturated heterocycles. The molecule has 0 atom stereocenters. The predicted octanol–water partition coefficient (Wildman–Crippen LogP) is 2.39. The van der Waals surface area contributed by atoms with E-state index in [1.165, 1.54) is 5.56 Å². The molecule has 3 rings (SSSR count). The minimum atomic E-state index is -0.153. The molecular formula is C20H30ClN5O2. The molecule has 2 aromatic rings. The SMILES string of the molecule is Cl.O=C(NCCCCOCCc1ccccc1)c1cn(C2CCNCC2)nn1. The van der Waals surface area contributed by atoms with Crippen molar-refractivity contribution in [3.05, 3.63) is 47.8 Å². The minimum absolute atomic E-state index is 0. The number of halogens is 1. The first kappa shape index (κ1) is 22.3. The van der Waals surface area contributed by atoms with Gasteiger partial charge < -0.3 is 15.4 Å². The van der Waals surface area contributed by atoms with Gasteiger partial charge in [-0.25, -0.2) is 4.68 Å². The van der Waals surface area contributed by atoms with E-state index in [0.29, 0.717) is 24.9 Å². The van der Waals surface area contributed by atoms with Crippen LogP contribution in [0.1, 0.15) is 47.8 Å². The lowest BCUT2D eigenvalue weighted by Gasteiger charge is -2.22. The zero-order valence-electron chi connectivity index (χ0n) is 16.2. The van der Waals surface area contributed by atoms with E-state index in [1.807, 2.05) is 22.9 Å². The molecule has 0 bridgehead atoms. The van der Waals surface area contributed by atoms with Gasteiger partial charge in [0.25, 0.3) is 5.91 Å². The predicted molar refractivity (Wildman–Crippen MR) is 111 cm³/mol. The number of amides is 1. The van der Waals surface area contributed by atoms with Crippen LogP contribution in [0.15, 0.2) is 36.5 Å². The number of carbonyl (C=O) groups excluding carboxylic acids is 1. The molecule has 28 heavy (non-hydrogen) atoms. The van der Waals surface area contributed by atoms with Crippen LogP contribution in [0.5, 0.6) is 0 Å². The smallest absolute Gasteiger partial charge is 0.273 e. The lowest BCUT2D eigenvalue weighted by atomic mass is 10.1. The Morgan fingerprint density at radius 2 is 1.96 bits per heavy atom. The maximum atomic E-state index is 12.2. The third-order valence-corrected chi connectivity index (χ3v) is 4.80. The van der Waals surface area contributed by atoms with Gasteiger partial charge in [0.15, 0.2) is 5.69 Å². The summed E-state index contributed by atoms with van der Waals surface area (Å²) in [6, 6.07) is 10.7. The van der Waals surface area contributed by atoms with Gasteiger partial charge in [-0.15, -0.1) is 17.5 Å². The van der Waals surface area contributed by atoms with Crippen molar-refractivity contribution in [2.24, 2.45) is 0 Å². The Labute approximate surface area is 172 Å². The molecule has 154 valence electrons. The quantitative estimate of drug-likeness (QED) is 0.591. The summed E-state index contributed by atoms with van der Waals surface area (Å²) in [5, 5.41) is 14.4. The first-order valence-corrected chi connectivity index (χ1v) is 9.85. The Bertz CT molecular complexity index is 689. The highest BCUT2D eigenvalue weighted by Gasteiger charge is 2.18.